The third-order valence-electron chi connectivity index (χ3n) is 1.79. The van der Waals surface area contributed by atoms with E-state index in [1.54, 1.807) is 24.3 Å². The summed E-state index contributed by atoms with van der Waals surface area (Å²) < 4.78 is 13.2. The van der Waals surface area contributed by atoms with Crippen LogP contribution in [-0.2, 0) is 0 Å². The van der Waals surface area contributed by atoms with Gasteiger partial charge in [0.1, 0.15) is 12.0 Å². The summed E-state index contributed by atoms with van der Waals surface area (Å²) in [7, 11) is 0. The molecule has 0 aliphatic rings. The molecule has 1 aromatic carbocycles. The van der Waals surface area contributed by atoms with E-state index in [-0.39, 0.29) is 5.69 Å². The van der Waals surface area contributed by atoms with E-state index in [1.165, 1.54) is 6.33 Å². The van der Waals surface area contributed by atoms with Gasteiger partial charge in [0.25, 0.3) is 0 Å². The van der Waals surface area contributed by atoms with E-state index in [9.17, 15) is 4.39 Å². The van der Waals surface area contributed by atoms with Gasteiger partial charge in [-0.25, -0.2) is 14.4 Å². The van der Waals surface area contributed by atoms with Crippen LogP contribution in [0.3, 0.4) is 0 Å². The highest BCUT2D eigenvalue weighted by Crippen LogP contribution is 2.20. The molecule has 0 amide bonds. The second-order valence-corrected chi connectivity index (χ2v) is 3.16. The molecular weight excluding hydrogens is 203 g/mol. The molecule has 1 aromatic heterocycles. The van der Waals surface area contributed by atoms with Crippen molar-refractivity contribution in [2.75, 3.05) is 0 Å². The molecule has 4 heteroatoms. The number of hydrogen-bond donors (Lipinski definition) is 0. The highest BCUT2D eigenvalue weighted by molar-refractivity contribution is 6.30. The first-order valence-corrected chi connectivity index (χ1v) is 4.36. The summed E-state index contributed by atoms with van der Waals surface area (Å²) in [6.07, 6.45) is 2.45. The summed E-state index contributed by atoms with van der Waals surface area (Å²) >= 11 is 5.71. The van der Waals surface area contributed by atoms with Crippen LogP contribution in [0.5, 0.6) is 0 Å². The summed E-state index contributed by atoms with van der Waals surface area (Å²) in [6.45, 7) is 0. The van der Waals surface area contributed by atoms with Crippen LogP contribution in [0.4, 0.5) is 4.39 Å². The summed E-state index contributed by atoms with van der Waals surface area (Å²) in [5, 5.41) is 0.614. The molecule has 0 saturated heterocycles. The largest absolute Gasteiger partial charge is 0.242 e. The number of aromatic nitrogens is 2. The first-order valence-electron chi connectivity index (χ1n) is 3.99. The molecule has 0 unspecified atom stereocenters. The van der Waals surface area contributed by atoms with Gasteiger partial charge in [0.2, 0.25) is 0 Å². The maximum absolute atomic E-state index is 13.2. The maximum atomic E-state index is 13.2. The smallest absolute Gasteiger partial charge is 0.167 e. The molecular formula is C10H6ClFN2. The van der Waals surface area contributed by atoms with Crippen molar-refractivity contribution in [3.05, 3.63) is 47.6 Å². The van der Waals surface area contributed by atoms with E-state index in [4.69, 9.17) is 11.6 Å². The lowest BCUT2D eigenvalue weighted by atomic mass is 10.1. The van der Waals surface area contributed by atoms with Crippen molar-refractivity contribution in [3.8, 4) is 11.3 Å². The van der Waals surface area contributed by atoms with Gasteiger partial charge in [0.05, 0.1) is 6.20 Å². The SMILES string of the molecule is Fc1cncnc1-c1ccc(Cl)cc1. The Bertz CT molecular complexity index is 442. The average Bonchev–Trinajstić information content (AvgIpc) is 2.20. The molecule has 0 radical (unpaired) electrons. The van der Waals surface area contributed by atoms with E-state index in [0.29, 0.717) is 10.6 Å². The Morgan fingerprint density at radius 2 is 1.86 bits per heavy atom. The van der Waals surface area contributed by atoms with Gasteiger partial charge in [0, 0.05) is 10.6 Å². The molecule has 0 N–H and O–H groups in total. The first kappa shape index (κ1) is 9.09. The molecule has 2 aromatic rings. The predicted molar refractivity (Wildman–Crippen MR) is 52.4 cm³/mol. The lowest BCUT2D eigenvalue weighted by Gasteiger charge is -2.00. The molecule has 70 valence electrons. The summed E-state index contributed by atoms with van der Waals surface area (Å²) in [5.74, 6) is -0.435. The van der Waals surface area contributed by atoms with Crippen LogP contribution in [0.15, 0.2) is 36.8 Å². The Labute approximate surface area is 85.4 Å². The number of benzene rings is 1. The van der Waals surface area contributed by atoms with Gasteiger partial charge in [-0.3, -0.25) is 0 Å². The van der Waals surface area contributed by atoms with Gasteiger partial charge in [0.15, 0.2) is 5.82 Å². The Morgan fingerprint density at radius 3 is 2.50 bits per heavy atom. The van der Waals surface area contributed by atoms with E-state index in [1.807, 2.05) is 0 Å². The van der Waals surface area contributed by atoms with Crippen molar-refractivity contribution >= 4 is 11.6 Å². The fourth-order valence-corrected chi connectivity index (χ4v) is 1.26. The molecule has 0 aliphatic carbocycles. The summed E-state index contributed by atoms with van der Waals surface area (Å²) in [4.78, 5) is 7.42. The molecule has 1 heterocycles. The van der Waals surface area contributed by atoms with Crippen LogP contribution >= 0.6 is 11.6 Å². The standard InChI is InChI=1S/C10H6ClFN2/c11-8-3-1-7(2-4-8)10-9(12)5-13-6-14-10/h1-6H. The zero-order valence-electron chi connectivity index (χ0n) is 7.11. The van der Waals surface area contributed by atoms with Crippen molar-refractivity contribution < 1.29 is 4.39 Å². The molecule has 0 spiro atoms. The fourth-order valence-electron chi connectivity index (χ4n) is 1.13. The summed E-state index contributed by atoms with van der Waals surface area (Å²) in [5.41, 5.74) is 0.978. The Balaban J connectivity index is 2.50. The van der Waals surface area contributed by atoms with E-state index in [0.717, 1.165) is 6.20 Å². The molecule has 2 nitrogen and oxygen atoms in total. The molecule has 0 atom stereocenters. The first-order chi connectivity index (χ1) is 6.77. The second kappa shape index (κ2) is 3.72. The van der Waals surface area contributed by atoms with E-state index < -0.39 is 5.82 Å². The molecule has 14 heavy (non-hydrogen) atoms. The Hall–Kier alpha value is -1.48. The van der Waals surface area contributed by atoms with Crippen LogP contribution in [-0.4, -0.2) is 9.97 Å². The van der Waals surface area contributed by atoms with Gasteiger partial charge in [-0.1, -0.05) is 23.7 Å². The van der Waals surface area contributed by atoms with Crippen molar-refractivity contribution in [1.29, 1.82) is 0 Å². The maximum Gasteiger partial charge on any atom is 0.167 e. The van der Waals surface area contributed by atoms with Gasteiger partial charge in [-0.15, -0.1) is 0 Å². The molecule has 0 bridgehead atoms. The second-order valence-electron chi connectivity index (χ2n) is 2.73. The van der Waals surface area contributed by atoms with Crippen LogP contribution in [0.1, 0.15) is 0 Å². The van der Waals surface area contributed by atoms with Crippen LogP contribution in [0.25, 0.3) is 11.3 Å². The van der Waals surface area contributed by atoms with Crippen molar-refractivity contribution in [3.63, 3.8) is 0 Å². The number of nitrogens with zero attached hydrogens (tertiary/aromatic N) is 2. The topological polar surface area (TPSA) is 25.8 Å². The normalized spacial score (nSPS) is 10.1. The molecule has 2 rings (SSSR count). The number of rotatable bonds is 1. The Kier molecular flexibility index (Phi) is 2.41. The lowest BCUT2D eigenvalue weighted by molar-refractivity contribution is 0.618. The van der Waals surface area contributed by atoms with Crippen molar-refractivity contribution in [2.45, 2.75) is 0 Å². The van der Waals surface area contributed by atoms with E-state index >= 15 is 0 Å². The Morgan fingerprint density at radius 1 is 1.14 bits per heavy atom. The van der Waals surface area contributed by atoms with Gasteiger partial charge < -0.3 is 0 Å². The molecule has 0 fully saturated rings. The minimum atomic E-state index is -0.435. The quantitative estimate of drug-likeness (QED) is 0.720. The predicted octanol–water partition coefficient (Wildman–Crippen LogP) is 2.94. The molecule has 0 saturated carbocycles. The van der Waals surface area contributed by atoms with Crippen molar-refractivity contribution in [1.82, 2.24) is 9.97 Å². The van der Waals surface area contributed by atoms with Gasteiger partial charge >= 0.3 is 0 Å². The third kappa shape index (κ3) is 1.72. The lowest BCUT2D eigenvalue weighted by Crippen LogP contribution is -1.89. The average molecular weight is 209 g/mol. The number of halogens is 2. The van der Waals surface area contributed by atoms with Gasteiger partial charge in [-0.05, 0) is 12.1 Å². The third-order valence-corrected chi connectivity index (χ3v) is 2.04. The van der Waals surface area contributed by atoms with Crippen LogP contribution in [0.2, 0.25) is 5.02 Å². The zero-order chi connectivity index (χ0) is 9.97. The van der Waals surface area contributed by atoms with Crippen molar-refractivity contribution in [2.24, 2.45) is 0 Å². The van der Waals surface area contributed by atoms with Crippen LogP contribution in [0, 0.1) is 5.82 Å². The monoisotopic (exact) mass is 208 g/mol. The highest BCUT2D eigenvalue weighted by Gasteiger charge is 2.05. The van der Waals surface area contributed by atoms with Crippen LogP contribution < -0.4 is 0 Å². The van der Waals surface area contributed by atoms with Gasteiger partial charge in [-0.2, -0.15) is 0 Å². The highest BCUT2D eigenvalue weighted by atomic mass is 35.5. The fraction of sp³-hybridized carbons (Fsp3) is 0. The zero-order valence-corrected chi connectivity index (χ0v) is 7.87. The van der Waals surface area contributed by atoms with E-state index in [2.05, 4.69) is 9.97 Å². The minimum absolute atomic E-state index is 0.289. The summed E-state index contributed by atoms with van der Waals surface area (Å²) in [6, 6.07) is 6.82. The minimum Gasteiger partial charge on any atom is -0.242 e. The number of hydrogen-bond acceptors (Lipinski definition) is 2. The molecule has 0 aliphatic heterocycles.